The van der Waals surface area contributed by atoms with E-state index >= 15 is 0 Å². The number of hydrogen-bond acceptors (Lipinski definition) is 5. The maximum absolute atomic E-state index is 12.3. The Bertz CT molecular complexity index is 389. The van der Waals surface area contributed by atoms with Crippen LogP contribution in [0.3, 0.4) is 0 Å². The molecule has 5 heteroatoms. The number of methoxy groups -OCH3 is 1. The van der Waals surface area contributed by atoms with E-state index in [4.69, 9.17) is 4.74 Å². The molecule has 1 aromatic heterocycles. The lowest BCUT2D eigenvalue weighted by Crippen LogP contribution is -2.46. The second kappa shape index (κ2) is 4.57. The summed E-state index contributed by atoms with van der Waals surface area (Å²) in [6, 6.07) is 0. The van der Waals surface area contributed by atoms with Gasteiger partial charge in [0.25, 0.3) is 0 Å². The van der Waals surface area contributed by atoms with Gasteiger partial charge in [0, 0.05) is 12.4 Å². The number of Topliss-reactive ketones (excluding diaryl/α,β-unsaturated/α-hetero) is 1. The van der Waals surface area contributed by atoms with Crippen LogP contribution in [0.2, 0.25) is 0 Å². The van der Waals surface area contributed by atoms with Gasteiger partial charge < -0.3 is 4.74 Å². The first-order chi connectivity index (χ1) is 7.41. The van der Waals surface area contributed by atoms with Gasteiger partial charge in [-0.3, -0.25) is 9.69 Å². The molecule has 1 heterocycles. The van der Waals surface area contributed by atoms with Crippen LogP contribution >= 0.6 is 0 Å². The van der Waals surface area contributed by atoms with Crippen LogP contribution in [0.25, 0.3) is 0 Å². The number of hydrogen-bond donors (Lipinski definition) is 0. The minimum atomic E-state index is -0.636. The summed E-state index contributed by atoms with van der Waals surface area (Å²) in [6.45, 7) is 3.67. The minimum Gasteiger partial charge on any atom is -0.479 e. The van der Waals surface area contributed by atoms with Gasteiger partial charge in [0.05, 0.1) is 12.6 Å². The normalized spacial score (nSPS) is 11.6. The van der Waals surface area contributed by atoms with Gasteiger partial charge in [-0.2, -0.15) is 0 Å². The summed E-state index contributed by atoms with van der Waals surface area (Å²) in [5, 5.41) is 0. The number of carbonyl (C=O) groups excluding carboxylic acids is 1. The van der Waals surface area contributed by atoms with Crippen LogP contribution in [-0.4, -0.2) is 47.4 Å². The van der Waals surface area contributed by atoms with Crippen LogP contribution in [0.15, 0.2) is 12.4 Å². The molecular weight excluding hydrogens is 206 g/mol. The first-order valence-corrected chi connectivity index (χ1v) is 4.98. The second-order valence-electron chi connectivity index (χ2n) is 4.20. The SMILES string of the molecule is COc1nccnc1C(=O)C(C)(C)N(C)C. The molecule has 0 saturated heterocycles. The minimum absolute atomic E-state index is 0.109. The van der Waals surface area contributed by atoms with Crippen LogP contribution in [0, 0.1) is 0 Å². The molecule has 0 bridgehead atoms. The molecule has 0 N–H and O–H groups in total. The lowest BCUT2D eigenvalue weighted by atomic mass is 9.95. The highest BCUT2D eigenvalue weighted by Crippen LogP contribution is 2.21. The van der Waals surface area contributed by atoms with E-state index in [9.17, 15) is 4.79 Å². The summed E-state index contributed by atoms with van der Waals surface area (Å²) >= 11 is 0. The third-order valence-corrected chi connectivity index (χ3v) is 2.75. The summed E-state index contributed by atoms with van der Waals surface area (Å²) < 4.78 is 5.03. The van der Waals surface area contributed by atoms with Crippen LogP contribution in [0.1, 0.15) is 24.3 Å². The predicted molar refractivity (Wildman–Crippen MR) is 60.7 cm³/mol. The third kappa shape index (κ3) is 2.19. The van der Waals surface area contributed by atoms with E-state index in [0.717, 1.165) is 0 Å². The highest BCUT2D eigenvalue weighted by Gasteiger charge is 2.34. The molecule has 5 nitrogen and oxygen atoms in total. The number of ketones is 1. The molecule has 0 radical (unpaired) electrons. The Labute approximate surface area is 95.5 Å². The summed E-state index contributed by atoms with van der Waals surface area (Å²) in [5.74, 6) is 0.157. The van der Waals surface area contributed by atoms with Gasteiger partial charge in [0.15, 0.2) is 5.69 Å². The molecule has 0 unspecified atom stereocenters. The van der Waals surface area contributed by atoms with Gasteiger partial charge in [-0.15, -0.1) is 0 Å². The van der Waals surface area contributed by atoms with Crippen molar-refractivity contribution >= 4 is 5.78 Å². The van der Waals surface area contributed by atoms with E-state index in [-0.39, 0.29) is 17.4 Å². The maximum Gasteiger partial charge on any atom is 0.243 e. The van der Waals surface area contributed by atoms with Crippen molar-refractivity contribution < 1.29 is 9.53 Å². The Morgan fingerprint density at radius 1 is 1.31 bits per heavy atom. The van der Waals surface area contributed by atoms with Gasteiger partial charge in [-0.05, 0) is 27.9 Å². The molecular formula is C11H17N3O2. The summed E-state index contributed by atoms with van der Waals surface area (Å²) in [5.41, 5.74) is -0.368. The van der Waals surface area contributed by atoms with Gasteiger partial charge in [-0.1, -0.05) is 0 Å². The average Bonchev–Trinajstić information content (AvgIpc) is 2.27. The zero-order valence-corrected chi connectivity index (χ0v) is 10.3. The van der Waals surface area contributed by atoms with Gasteiger partial charge in [0.2, 0.25) is 11.7 Å². The Hall–Kier alpha value is -1.49. The van der Waals surface area contributed by atoms with Gasteiger partial charge in [-0.25, -0.2) is 9.97 Å². The lowest BCUT2D eigenvalue weighted by Gasteiger charge is -2.30. The van der Waals surface area contributed by atoms with Crippen LogP contribution < -0.4 is 4.74 Å². The molecule has 1 aromatic rings. The van der Waals surface area contributed by atoms with Crippen molar-refractivity contribution in [3.8, 4) is 5.88 Å². The Morgan fingerprint density at radius 2 is 1.88 bits per heavy atom. The molecule has 0 aliphatic carbocycles. The summed E-state index contributed by atoms with van der Waals surface area (Å²) in [6.07, 6.45) is 2.99. The van der Waals surface area contributed by atoms with Gasteiger partial charge >= 0.3 is 0 Å². The number of carbonyl (C=O) groups is 1. The largest absolute Gasteiger partial charge is 0.479 e. The van der Waals surface area contributed by atoms with E-state index in [1.54, 1.807) is 0 Å². The smallest absolute Gasteiger partial charge is 0.243 e. The zero-order valence-electron chi connectivity index (χ0n) is 10.3. The van der Waals surface area contributed by atoms with Crippen molar-refractivity contribution in [3.05, 3.63) is 18.1 Å². The van der Waals surface area contributed by atoms with Crippen LogP contribution in [0.4, 0.5) is 0 Å². The van der Waals surface area contributed by atoms with E-state index in [1.165, 1.54) is 19.5 Å². The Morgan fingerprint density at radius 3 is 2.38 bits per heavy atom. The van der Waals surface area contributed by atoms with Crippen molar-refractivity contribution in [2.75, 3.05) is 21.2 Å². The maximum atomic E-state index is 12.3. The molecule has 0 aliphatic rings. The molecule has 0 atom stereocenters. The molecule has 0 aliphatic heterocycles. The molecule has 0 aromatic carbocycles. The molecule has 88 valence electrons. The predicted octanol–water partition coefficient (Wildman–Crippen LogP) is 1.01. The number of likely N-dealkylation sites (N-methyl/N-ethyl adjacent to an activating group) is 1. The van der Waals surface area contributed by atoms with Crippen molar-refractivity contribution in [1.82, 2.24) is 14.9 Å². The monoisotopic (exact) mass is 223 g/mol. The van der Waals surface area contributed by atoms with Crippen molar-refractivity contribution in [3.63, 3.8) is 0 Å². The highest BCUT2D eigenvalue weighted by atomic mass is 16.5. The fourth-order valence-electron chi connectivity index (χ4n) is 1.12. The van der Waals surface area contributed by atoms with Gasteiger partial charge in [0.1, 0.15) is 0 Å². The van der Waals surface area contributed by atoms with Crippen molar-refractivity contribution in [1.29, 1.82) is 0 Å². The van der Waals surface area contributed by atoms with Crippen molar-refractivity contribution in [2.24, 2.45) is 0 Å². The molecule has 0 spiro atoms. The third-order valence-electron chi connectivity index (χ3n) is 2.75. The summed E-state index contributed by atoms with van der Waals surface area (Å²) in [7, 11) is 5.17. The first kappa shape index (κ1) is 12.6. The Kier molecular flexibility index (Phi) is 3.59. The quantitative estimate of drug-likeness (QED) is 0.713. The molecule has 0 fully saturated rings. The first-order valence-electron chi connectivity index (χ1n) is 4.98. The number of aromatic nitrogens is 2. The zero-order chi connectivity index (χ0) is 12.3. The van der Waals surface area contributed by atoms with Crippen LogP contribution in [-0.2, 0) is 0 Å². The van der Waals surface area contributed by atoms with E-state index in [2.05, 4.69) is 9.97 Å². The molecule has 16 heavy (non-hydrogen) atoms. The Balaban J connectivity index is 3.14. The number of ether oxygens (including phenoxy) is 1. The fourth-order valence-corrected chi connectivity index (χ4v) is 1.12. The number of rotatable bonds is 4. The van der Waals surface area contributed by atoms with E-state index in [0.29, 0.717) is 0 Å². The van der Waals surface area contributed by atoms with Crippen molar-refractivity contribution in [2.45, 2.75) is 19.4 Å². The average molecular weight is 223 g/mol. The standard InChI is InChI=1S/C11H17N3O2/c1-11(2,14(3)4)9(15)8-10(16-5)13-7-6-12-8/h6-7H,1-5H3. The lowest BCUT2D eigenvalue weighted by molar-refractivity contribution is 0.0745. The second-order valence-corrected chi connectivity index (χ2v) is 4.20. The van der Waals surface area contributed by atoms with E-state index < -0.39 is 5.54 Å². The topological polar surface area (TPSA) is 55.3 Å². The fraction of sp³-hybridized carbons (Fsp3) is 0.545. The molecule has 0 amide bonds. The number of nitrogens with zero attached hydrogens (tertiary/aromatic N) is 3. The molecule has 0 saturated carbocycles. The van der Waals surface area contributed by atoms with E-state index in [1.807, 2.05) is 32.8 Å². The molecule has 1 rings (SSSR count). The highest BCUT2D eigenvalue weighted by molar-refractivity contribution is 6.02. The summed E-state index contributed by atoms with van der Waals surface area (Å²) in [4.78, 5) is 22.1. The van der Waals surface area contributed by atoms with Crippen LogP contribution in [0.5, 0.6) is 5.88 Å².